The first-order valence-corrected chi connectivity index (χ1v) is 4.83. The highest BCUT2D eigenvalue weighted by Crippen LogP contribution is 2.23. The van der Waals surface area contributed by atoms with E-state index in [9.17, 15) is 0 Å². The normalized spacial score (nSPS) is 12.7. The van der Waals surface area contributed by atoms with Crippen LogP contribution in [0.15, 0.2) is 10.5 Å². The Bertz CT molecular complexity index is 261. The Balaban J connectivity index is 0.00000169. The summed E-state index contributed by atoms with van der Waals surface area (Å²) >= 11 is 0. The summed E-state index contributed by atoms with van der Waals surface area (Å²) in [5.41, 5.74) is 7.17. The van der Waals surface area contributed by atoms with Gasteiger partial charge in [0.05, 0.1) is 6.04 Å². The van der Waals surface area contributed by atoms with E-state index in [2.05, 4.69) is 13.8 Å². The molecule has 0 aliphatic heterocycles. The molecule has 82 valence electrons. The van der Waals surface area contributed by atoms with Crippen molar-refractivity contribution in [3.63, 3.8) is 0 Å². The predicted octanol–water partition coefficient (Wildman–Crippen LogP) is 3.36. The summed E-state index contributed by atoms with van der Waals surface area (Å²) in [5.74, 6) is 2.51. The molecular formula is C11H20ClNO. The summed E-state index contributed by atoms with van der Waals surface area (Å²) in [6.07, 6.45) is 0.979. The molecule has 0 saturated carbocycles. The van der Waals surface area contributed by atoms with Crippen LogP contribution in [-0.4, -0.2) is 0 Å². The van der Waals surface area contributed by atoms with Gasteiger partial charge < -0.3 is 10.2 Å². The monoisotopic (exact) mass is 217 g/mol. The molecule has 0 amide bonds. The average molecular weight is 218 g/mol. The molecule has 1 aromatic rings. The molecule has 1 atom stereocenters. The molecule has 1 aromatic heterocycles. The number of furan rings is 1. The molecule has 0 aromatic carbocycles. The molecule has 2 nitrogen and oxygen atoms in total. The number of nitrogens with two attached hydrogens (primary N) is 1. The van der Waals surface area contributed by atoms with Crippen molar-refractivity contribution in [1.29, 1.82) is 0 Å². The van der Waals surface area contributed by atoms with E-state index < -0.39 is 0 Å². The molecule has 3 heteroatoms. The van der Waals surface area contributed by atoms with Gasteiger partial charge in [-0.1, -0.05) is 13.8 Å². The second kappa shape index (κ2) is 5.42. The minimum atomic E-state index is 0. The first-order valence-electron chi connectivity index (χ1n) is 4.83. The first-order chi connectivity index (χ1) is 6.00. The molecule has 0 aliphatic rings. The molecule has 0 unspecified atom stereocenters. The lowest BCUT2D eigenvalue weighted by Gasteiger charge is -2.10. The van der Waals surface area contributed by atoms with Gasteiger partial charge >= 0.3 is 0 Å². The fraction of sp³-hybridized carbons (Fsp3) is 0.636. The maximum atomic E-state index is 5.98. The summed E-state index contributed by atoms with van der Waals surface area (Å²) in [4.78, 5) is 0. The first kappa shape index (κ1) is 13.5. The summed E-state index contributed by atoms with van der Waals surface area (Å²) in [5, 5.41) is 0. The third kappa shape index (κ3) is 3.35. The minimum Gasteiger partial charge on any atom is -0.464 e. The second-order valence-electron chi connectivity index (χ2n) is 4.12. The maximum Gasteiger partial charge on any atom is 0.121 e. The Morgan fingerprint density at radius 3 is 2.29 bits per heavy atom. The second-order valence-corrected chi connectivity index (χ2v) is 4.12. The highest BCUT2D eigenvalue weighted by atomic mass is 35.5. The molecule has 0 bridgehead atoms. The quantitative estimate of drug-likeness (QED) is 0.843. The van der Waals surface area contributed by atoms with E-state index >= 15 is 0 Å². The van der Waals surface area contributed by atoms with Crippen LogP contribution in [0.5, 0.6) is 0 Å². The standard InChI is InChI=1S/C11H19NO.ClH/c1-7(2)5-10(12)11-6-8(3)9(4)13-11;/h6-7,10H,5,12H2,1-4H3;1H/t10-;/m0./s1. The van der Waals surface area contributed by atoms with Crippen molar-refractivity contribution in [2.75, 3.05) is 0 Å². The number of aryl methyl sites for hydroxylation is 2. The molecular weight excluding hydrogens is 198 g/mol. The molecule has 2 N–H and O–H groups in total. The molecule has 14 heavy (non-hydrogen) atoms. The molecule has 0 spiro atoms. The van der Waals surface area contributed by atoms with Crippen molar-refractivity contribution < 1.29 is 4.42 Å². The summed E-state index contributed by atoms with van der Waals surface area (Å²) in [6.45, 7) is 8.36. The minimum absolute atomic E-state index is 0. The van der Waals surface area contributed by atoms with Gasteiger partial charge in [-0.05, 0) is 37.8 Å². The van der Waals surface area contributed by atoms with Crippen LogP contribution in [-0.2, 0) is 0 Å². The Labute approximate surface area is 92.3 Å². The van der Waals surface area contributed by atoms with Crippen LogP contribution in [0, 0.1) is 19.8 Å². The van der Waals surface area contributed by atoms with Crippen LogP contribution < -0.4 is 5.73 Å². The van der Waals surface area contributed by atoms with Crippen LogP contribution >= 0.6 is 12.4 Å². The third-order valence-electron chi connectivity index (χ3n) is 2.28. The number of hydrogen-bond acceptors (Lipinski definition) is 2. The van der Waals surface area contributed by atoms with Crippen molar-refractivity contribution in [1.82, 2.24) is 0 Å². The summed E-state index contributed by atoms with van der Waals surface area (Å²) in [6, 6.07) is 2.09. The Hall–Kier alpha value is -0.470. The molecule has 1 rings (SSSR count). The van der Waals surface area contributed by atoms with Gasteiger partial charge in [-0.3, -0.25) is 0 Å². The Morgan fingerprint density at radius 1 is 1.36 bits per heavy atom. The van der Waals surface area contributed by atoms with E-state index in [-0.39, 0.29) is 18.4 Å². The zero-order chi connectivity index (χ0) is 10.0. The van der Waals surface area contributed by atoms with Crippen LogP contribution in [0.3, 0.4) is 0 Å². The Kier molecular flexibility index (Phi) is 5.24. The van der Waals surface area contributed by atoms with E-state index in [1.165, 1.54) is 5.56 Å². The van der Waals surface area contributed by atoms with Crippen molar-refractivity contribution in [2.24, 2.45) is 11.7 Å². The Morgan fingerprint density at radius 2 is 1.93 bits per heavy atom. The topological polar surface area (TPSA) is 39.2 Å². The van der Waals surface area contributed by atoms with Gasteiger partial charge in [0.1, 0.15) is 11.5 Å². The van der Waals surface area contributed by atoms with Gasteiger partial charge in [-0.25, -0.2) is 0 Å². The number of hydrogen-bond donors (Lipinski definition) is 1. The van der Waals surface area contributed by atoms with Gasteiger partial charge in [0.25, 0.3) is 0 Å². The molecule has 1 heterocycles. The van der Waals surface area contributed by atoms with Gasteiger partial charge in [-0.2, -0.15) is 0 Å². The smallest absolute Gasteiger partial charge is 0.121 e. The third-order valence-corrected chi connectivity index (χ3v) is 2.28. The van der Waals surface area contributed by atoms with Gasteiger partial charge in [0.15, 0.2) is 0 Å². The SMILES string of the molecule is Cc1cc([C@@H](N)CC(C)C)oc1C.Cl. The van der Waals surface area contributed by atoms with Crippen LogP contribution in [0.4, 0.5) is 0 Å². The number of rotatable bonds is 3. The molecule has 0 radical (unpaired) electrons. The van der Waals surface area contributed by atoms with Crippen LogP contribution in [0.25, 0.3) is 0 Å². The summed E-state index contributed by atoms with van der Waals surface area (Å²) in [7, 11) is 0. The van der Waals surface area contributed by atoms with Gasteiger partial charge in [-0.15, -0.1) is 12.4 Å². The zero-order valence-corrected chi connectivity index (χ0v) is 10.1. The van der Waals surface area contributed by atoms with Crippen LogP contribution in [0.2, 0.25) is 0 Å². The van der Waals surface area contributed by atoms with Gasteiger partial charge in [0.2, 0.25) is 0 Å². The lowest BCUT2D eigenvalue weighted by Crippen LogP contribution is -2.11. The molecule has 0 aliphatic carbocycles. The summed E-state index contributed by atoms with van der Waals surface area (Å²) < 4.78 is 5.55. The number of halogens is 1. The van der Waals surface area contributed by atoms with Crippen molar-refractivity contribution in [3.8, 4) is 0 Å². The molecule has 0 saturated heterocycles. The van der Waals surface area contributed by atoms with E-state index in [1.54, 1.807) is 0 Å². The van der Waals surface area contributed by atoms with E-state index in [0.717, 1.165) is 17.9 Å². The fourth-order valence-corrected chi connectivity index (χ4v) is 1.41. The fourth-order valence-electron chi connectivity index (χ4n) is 1.41. The zero-order valence-electron chi connectivity index (χ0n) is 9.33. The highest BCUT2D eigenvalue weighted by Gasteiger charge is 2.13. The highest BCUT2D eigenvalue weighted by molar-refractivity contribution is 5.85. The van der Waals surface area contributed by atoms with E-state index in [0.29, 0.717) is 5.92 Å². The van der Waals surface area contributed by atoms with Crippen molar-refractivity contribution in [3.05, 3.63) is 23.2 Å². The van der Waals surface area contributed by atoms with E-state index in [1.807, 2.05) is 19.9 Å². The predicted molar refractivity (Wildman–Crippen MR) is 61.8 cm³/mol. The van der Waals surface area contributed by atoms with Gasteiger partial charge in [0, 0.05) is 0 Å². The van der Waals surface area contributed by atoms with Crippen LogP contribution in [0.1, 0.15) is 43.4 Å². The maximum absolute atomic E-state index is 5.98. The van der Waals surface area contributed by atoms with E-state index in [4.69, 9.17) is 10.2 Å². The molecule has 0 fully saturated rings. The lowest BCUT2D eigenvalue weighted by molar-refractivity contribution is 0.404. The lowest BCUT2D eigenvalue weighted by atomic mass is 10.0. The van der Waals surface area contributed by atoms with Crippen molar-refractivity contribution in [2.45, 2.75) is 40.2 Å². The average Bonchev–Trinajstić information content (AvgIpc) is 2.31. The van der Waals surface area contributed by atoms with Crippen molar-refractivity contribution >= 4 is 12.4 Å². The largest absolute Gasteiger partial charge is 0.464 e.